The van der Waals surface area contributed by atoms with Gasteiger partial charge in [-0.15, -0.1) is 0 Å². The Balaban J connectivity index is 2.50. The maximum absolute atomic E-state index is 11.1. The number of halogens is 1. The molecule has 0 fully saturated rings. The summed E-state index contributed by atoms with van der Waals surface area (Å²) in [6.45, 7) is -0.0359. The molecule has 0 spiro atoms. The lowest BCUT2D eigenvalue weighted by molar-refractivity contribution is -0.384. The molecule has 0 radical (unpaired) electrons. The summed E-state index contributed by atoms with van der Waals surface area (Å²) in [5.74, 6) is 0.304. The second-order valence-corrected chi connectivity index (χ2v) is 3.58. The van der Waals surface area contributed by atoms with E-state index in [0.717, 1.165) is 0 Å². The number of carbonyl (C=O) groups is 1. The molecule has 6 heteroatoms. The number of nitro benzene ring substituents is 1. The van der Waals surface area contributed by atoms with Gasteiger partial charge >= 0.3 is 0 Å². The van der Waals surface area contributed by atoms with Crippen LogP contribution in [0.25, 0.3) is 0 Å². The number of fused-ring (bicyclic) bond motifs is 1. The summed E-state index contributed by atoms with van der Waals surface area (Å²) >= 11 is 5.70. The molecule has 1 aromatic rings. The van der Waals surface area contributed by atoms with Gasteiger partial charge in [0.1, 0.15) is 17.4 Å². The summed E-state index contributed by atoms with van der Waals surface area (Å²) in [6.07, 6.45) is 0.215. The molecule has 1 aliphatic rings. The largest absolute Gasteiger partial charge is 0.485 e. The Morgan fingerprint density at radius 2 is 2.20 bits per heavy atom. The molecule has 1 aromatic carbocycles. The fourth-order valence-corrected chi connectivity index (χ4v) is 1.67. The van der Waals surface area contributed by atoms with Crippen LogP contribution in [0, 0.1) is 10.1 Å². The van der Waals surface area contributed by atoms with Gasteiger partial charge in [0.2, 0.25) is 0 Å². The van der Waals surface area contributed by atoms with Crippen LogP contribution >= 0.6 is 11.6 Å². The zero-order valence-electron chi connectivity index (χ0n) is 7.53. The Morgan fingerprint density at radius 1 is 1.47 bits per heavy atom. The van der Waals surface area contributed by atoms with Gasteiger partial charge in [0.05, 0.1) is 11.0 Å². The number of benzene rings is 1. The average molecular weight is 228 g/mol. The van der Waals surface area contributed by atoms with Crippen molar-refractivity contribution in [3.8, 4) is 5.75 Å². The van der Waals surface area contributed by atoms with E-state index in [4.69, 9.17) is 16.3 Å². The number of nitro groups is 1. The molecule has 2 rings (SSSR count). The minimum absolute atomic E-state index is 0.0250. The number of carbonyl (C=O) groups excluding carboxylic acids is 1. The number of rotatable bonds is 1. The van der Waals surface area contributed by atoms with Crippen molar-refractivity contribution < 1.29 is 14.5 Å². The third-order valence-electron chi connectivity index (χ3n) is 2.10. The van der Waals surface area contributed by atoms with Crippen molar-refractivity contribution in [3.63, 3.8) is 0 Å². The SMILES string of the molecule is O=C1COc2cc([N+](=O)[O-])c(Cl)cc2C1. The van der Waals surface area contributed by atoms with Crippen molar-refractivity contribution in [2.75, 3.05) is 6.61 Å². The highest BCUT2D eigenvalue weighted by atomic mass is 35.5. The summed E-state index contributed by atoms with van der Waals surface area (Å²) in [7, 11) is 0. The topological polar surface area (TPSA) is 69.4 Å². The second-order valence-electron chi connectivity index (χ2n) is 3.17. The van der Waals surface area contributed by atoms with Crippen LogP contribution in [0.2, 0.25) is 5.02 Å². The van der Waals surface area contributed by atoms with Gasteiger partial charge in [0, 0.05) is 12.0 Å². The van der Waals surface area contributed by atoms with Crippen molar-refractivity contribution in [3.05, 3.63) is 32.8 Å². The number of ether oxygens (including phenoxy) is 1. The van der Waals surface area contributed by atoms with E-state index in [1.807, 2.05) is 0 Å². The van der Waals surface area contributed by atoms with Gasteiger partial charge in [0.25, 0.3) is 5.69 Å². The highest BCUT2D eigenvalue weighted by Gasteiger charge is 2.22. The summed E-state index contributed by atoms with van der Waals surface area (Å²) in [6, 6.07) is 2.66. The van der Waals surface area contributed by atoms with Gasteiger partial charge in [-0.1, -0.05) is 11.6 Å². The predicted octanol–water partition coefficient (Wildman–Crippen LogP) is 1.75. The Bertz CT molecular complexity index is 458. The maximum atomic E-state index is 11.1. The number of hydrogen-bond donors (Lipinski definition) is 0. The van der Waals surface area contributed by atoms with Crippen molar-refractivity contribution >= 4 is 23.1 Å². The van der Waals surface area contributed by atoms with Crippen molar-refractivity contribution in [2.24, 2.45) is 0 Å². The van der Waals surface area contributed by atoms with Crippen LogP contribution in [0.4, 0.5) is 5.69 Å². The normalized spacial score (nSPS) is 14.3. The summed E-state index contributed by atoms with van der Waals surface area (Å²) in [4.78, 5) is 21.0. The molecule has 0 saturated heterocycles. The molecule has 78 valence electrons. The summed E-state index contributed by atoms with van der Waals surface area (Å²) in [5, 5.41) is 10.6. The number of Topliss-reactive ketones (excluding diaryl/α,β-unsaturated/α-hetero) is 1. The summed E-state index contributed by atoms with van der Waals surface area (Å²) < 4.78 is 5.07. The van der Waals surface area contributed by atoms with Crippen LogP contribution in [0.1, 0.15) is 5.56 Å². The van der Waals surface area contributed by atoms with Crippen LogP contribution in [-0.4, -0.2) is 17.3 Å². The van der Waals surface area contributed by atoms with Gasteiger partial charge in [-0.25, -0.2) is 0 Å². The van der Waals surface area contributed by atoms with E-state index in [2.05, 4.69) is 0 Å². The van der Waals surface area contributed by atoms with E-state index in [1.165, 1.54) is 12.1 Å². The molecule has 0 amide bonds. The molecule has 0 aromatic heterocycles. The summed E-state index contributed by atoms with van der Waals surface area (Å²) in [5.41, 5.74) is 0.395. The standard InChI is InChI=1S/C9H6ClNO4/c10-7-2-5-1-6(12)4-15-9(5)3-8(7)11(13)14/h2-3H,1,4H2. The van der Waals surface area contributed by atoms with E-state index in [1.54, 1.807) is 0 Å². The lowest BCUT2D eigenvalue weighted by Crippen LogP contribution is -2.20. The first kappa shape index (κ1) is 9.92. The van der Waals surface area contributed by atoms with E-state index < -0.39 is 4.92 Å². The Morgan fingerprint density at radius 3 is 2.87 bits per heavy atom. The lowest BCUT2D eigenvalue weighted by atomic mass is 10.1. The fraction of sp³-hybridized carbons (Fsp3) is 0.222. The highest BCUT2D eigenvalue weighted by Crippen LogP contribution is 2.34. The molecule has 0 aliphatic carbocycles. The molecule has 0 N–H and O–H groups in total. The van der Waals surface area contributed by atoms with E-state index >= 15 is 0 Å². The third kappa shape index (κ3) is 1.78. The molecule has 15 heavy (non-hydrogen) atoms. The van der Waals surface area contributed by atoms with Crippen LogP contribution < -0.4 is 4.74 Å². The average Bonchev–Trinajstić information content (AvgIpc) is 2.15. The fourth-order valence-electron chi connectivity index (χ4n) is 1.42. The third-order valence-corrected chi connectivity index (χ3v) is 2.41. The minimum atomic E-state index is -0.581. The van der Waals surface area contributed by atoms with Crippen molar-refractivity contribution in [1.82, 2.24) is 0 Å². The van der Waals surface area contributed by atoms with Crippen LogP contribution in [-0.2, 0) is 11.2 Å². The van der Waals surface area contributed by atoms with E-state index in [-0.39, 0.29) is 29.5 Å². The smallest absolute Gasteiger partial charge is 0.291 e. The molecule has 0 atom stereocenters. The maximum Gasteiger partial charge on any atom is 0.291 e. The molecule has 5 nitrogen and oxygen atoms in total. The first-order valence-electron chi connectivity index (χ1n) is 4.19. The van der Waals surface area contributed by atoms with Gasteiger partial charge in [0.15, 0.2) is 5.78 Å². The van der Waals surface area contributed by atoms with Gasteiger partial charge in [-0.2, -0.15) is 0 Å². The second kappa shape index (κ2) is 3.51. The van der Waals surface area contributed by atoms with Crippen molar-refractivity contribution in [1.29, 1.82) is 0 Å². The zero-order chi connectivity index (χ0) is 11.0. The van der Waals surface area contributed by atoms with E-state index in [0.29, 0.717) is 11.3 Å². The lowest BCUT2D eigenvalue weighted by Gasteiger charge is -2.15. The number of hydrogen-bond acceptors (Lipinski definition) is 4. The van der Waals surface area contributed by atoms with Crippen LogP contribution in [0.3, 0.4) is 0 Å². The number of ketones is 1. The predicted molar refractivity (Wildman–Crippen MR) is 52.3 cm³/mol. The monoisotopic (exact) mass is 227 g/mol. The molecule has 0 unspecified atom stereocenters. The quantitative estimate of drug-likeness (QED) is 0.541. The van der Waals surface area contributed by atoms with Crippen molar-refractivity contribution in [2.45, 2.75) is 6.42 Å². The molecule has 1 aliphatic heterocycles. The minimum Gasteiger partial charge on any atom is -0.485 e. The Kier molecular flexibility index (Phi) is 2.32. The Hall–Kier alpha value is -1.62. The van der Waals surface area contributed by atoms with Gasteiger partial charge in [-0.3, -0.25) is 14.9 Å². The molecular formula is C9H6ClNO4. The van der Waals surface area contributed by atoms with Gasteiger partial charge in [-0.05, 0) is 6.07 Å². The van der Waals surface area contributed by atoms with Crippen LogP contribution in [0.15, 0.2) is 12.1 Å². The van der Waals surface area contributed by atoms with Gasteiger partial charge < -0.3 is 4.74 Å². The first-order valence-corrected chi connectivity index (χ1v) is 4.57. The molecule has 0 bridgehead atoms. The highest BCUT2D eigenvalue weighted by molar-refractivity contribution is 6.32. The zero-order valence-corrected chi connectivity index (χ0v) is 8.28. The molecular weight excluding hydrogens is 222 g/mol. The van der Waals surface area contributed by atoms with Crippen LogP contribution in [0.5, 0.6) is 5.75 Å². The molecule has 1 heterocycles. The first-order chi connectivity index (χ1) is 7.08. The number of nitrogens with zero attached hydrogens (tertiary/aromatic N) is 1. The molecule has 0 saturated carbocycles. The van der Waals surface area contributed by atoms with E-state index in [9.17, 15) is 14.9 Å². The Labute approximate surface area is 89.8 Å².